The zero-order chi connectivity index (χ0) is 13.7. The van der Waals surface area contributed by atoms with Crippen LogP contribution in [0, 0.1) is 0 Å². The molecule has 1 atom stereocenters. The maximum atomic E-state index is 11.0. The molecule has 0 amide bonds. The monoisotopic (exact) mass is 263 g/mol. The van der Waals surface area contributed by atoms with Crippen molar-refractivity contribution < 1.29 is 15.0 Å². The highest BCUT2D eigenvalue weighted by Crippen LogP contribution is 2.25. The minimum atomic E-state index is -0.827. The van der Waals surface area contributed by atoms with E-state index in [2.05, 4.69) is 0 Å². The smallest absolute Gasteiger partial charge is 0.317 e. The molecule has 1 fully saturated rings. The summed E-state index contributed by atoms with van der Waals surface area (Å²) in [6.45, 7) is 0.398. The molecule has 1 aliphatic rings. The van der Waals surface area contributed by atoms with Gasteiger partial charge in [0.25, 0.3) is 0 Å². The van der Waals surface area contributed by atoms with Crippen LogP contribution in [-0.4, -0.2) is 40.2 Å². The Bertz CT molecular complexity index is 401. The molecular formula is C15H21NO3. The van der Waals surface area contributed by atoms with Crippen molar-refractivity contribution in [1.82, 2.24) is 4.90 Å². The van der Waals surface area contributed by atoms with Gasteiger partial charge in [0.05, 0.1) is 12.6 Å². The topological polar surface area (TPSA) is 60.8 Å². The van der Waals surface area contributed by atoms with Crippen LogP contribution in [0.5, 0.6) is 0 Å². The highest BCUT2D eigenvalue weighted by molar-refractivity contribution is 5.69. The molecule has 1 unspecified atom stereocenters. The first-order valence-corrected chi connectivity index (χ1v) is 6.85. The first-order chi connectivity index (χ1) is 9.16. The van der Waals surface area contributed by atoms with Gasteiger partial charge >= 0.3 is 5.97 Å². The summed E-state index contributed by atoms with van der Waals surface area (Å²) in [5.41, 5.74) is 0.843. The largest absolute Gasteiger partial charge is 0.480 e. The predicted octanol–water partition coefficient (Wildman–Crippen LogP) is 2.05. The number of aliphatic hydroxyl groups excluding tert-OH is 1. The average Bonchev–Trinajstić information content (AvgIpc) is 2.92. The molecule has 0 aromatic heterocycles. The van der Waals surface area contributed by atoms with Crippen LogP contribution in [0.3, 0.4) is 0 Å². The van der Waals surface area contributed by atoms with Crippen molar-refractivity contribution in [3.63, 3.8) is 0 Å². The fourth-order valence-corrected chi connectivity index (χ4v) is 2.79. The first kappa shape index (κ1) is 14.0. The molecule has 2 N–H and O–H groups in total. The number of carboxylic acids is 1. The Morgan fingerprint density at radius 1 is 1.26 bits per heavy atom. The molecular weight excluding hydrogens is 242 g/mol. The van der Waals surface area contributed by atoms with E-state index >= 15 is 0 Å². The minimum absolute atomic E-state index is 0.00849. The van der Waals surface area contributed by atoms with Gasteiger partial charge in [0, 0.05) is 12.6 Å². The number of hydrogen-bond acceptors (Lipinski definition) is 3. The minimum Gasteiger partial charge on any atom is -0.480 e. The van der Waals surface area contributed by atoms with Gasteiger partial charge in [0.1, 0.15) is 0 Å². The SMILES string of the molecule is O=C(O)CN(CC(O)c1ccccc1)C1CCCC1. The highest BCUT2D eigenvalue weighted by Gasteiger charge is 2.26. The van der Waals surface area contributed by atoms with Gasteiger partial charge in [-0.15, -0.1) is 0 Å². The van der Waals surface area contributed by atoms with Crippen LogP contribution < -0.4 is 0 Å². The molecule has 1 aromatic carbocycles. The third kappa shape index (κ3) is 4.04. The van der Waals surface area contributed by atoms with Crippen molar-refractivity contribution in [2.24, 2.45) is 0 Å². The summed E-state index contributed by atoms with van der Waals surface area (Å²) in [4.78, 5) is 12.9. The zero-order valence-electron chi connectivity index (χ0n) is 11.0. The van der Waals surface area contributed by atoms with Gasteiger partial charge in [0.2, 0.25) is 0 Å². The summed E-state index contributed by atoms with van der Waals surface area (Å²) in [6, 6.07) is 9.72. The lowest BCUT2D eigenvalue weighted by atomic mass is 10.1. The molecule has 0 bridgehead atoms. The average molecular weight is 263 g/mol. The normalized spacial score (nSPS) is 17.8. The number of carboxylic acid groups (broad SMARTS) is 1. The summed E-state index contributed by atoms with van der Waals surface area (Å²) in [6.07, 6.45) is 3.76. The summed E-state index contributed by atoms with van der Waals surface area (Å²) in [7, 11) is 0. The van der Waals surface area contributed by atoms with Crippen molar-refractivity contribution in [1.29, 1.82) is 0 Å². The van der Waals surface area contributed by atoms with Crippen LogP contribution in [0.1, 0.15) is 37.4 Å². The van der Waals surface area contributed by atoms with Crippen molar-refractivity contribution in [3.8, 4) is 0 Å². The van der Waals surface area contributed by atoms with Crippen LogP contribution in [0.2, 0.25) is 0 Å². The van der Waals surface area contributed by atoms with Crippen molar-refractivity contribution in [2.45, 2.75) is 37.8 Å². The maximum Gasteiger partial charge on any atom is 0.317 e. The fourth-order valence-electron chi connectivity index (χ4n) is 2.79. The molecule has 1 saturated carbocycles. The Hall–Kier alpha value is -1.39. The molecule has 0 heterocycles. The summed E-state index contributed by atoms with van der Waals surface area (Å²) in [5, 5.41) is 19.2. The number of nitrogens with zero attached hydrogens (tertiary/aromatic N) is 1. The second kappa shape index (κ2) is 6.68. The van der Waals surface area contributed by atoms with Crippen molar-refractivity contribution in [3.05, 3.63) is 35.9 Å². The van der Waals surface area contributed by atoms with E-state index in [4.69, 9.17) is 5.11 Å². The van der Waals surface area contributed by atoms with Crippen LogP contribution in [-0.2, 0) is 4.79 Å². The quantitative estimate of drug-likeness (QED) is 0.824. The Labute approximate surface area is 113 Å². The Balaban J connectivity index is 2.00. The molecule has 104 valence electrons. The zero-order valence-corrected chi connectivity index (χ0v) is 11.0. The first-order valence-electron chi connectivity index (χ1n) is 6.85. The Morgan fingerprint density at radius 3 is 2.47 bits per heavy atom. The van der Waals surface area contributed by atoms with Crippen molar-refractivity contribution in [2.75, 3.05) is 13.1 Å². The lowest BCUT2D eigenvalue weighted by molar-refractivity contribution is -0.139. The molecule has 19 heavy (non-hydrogen) atoms. The Kier molecular flexibility index (Phi) is 4.93. The van der Waals surface area contributed by atoms with Gasteiger partial charge in [-0.3, -0.25) is 9.69 Å². The number of aliphatic hydroxyl groups is 1. The second-order valence-corrected chi connectivity index (χ2v) is 5.19. The third-order valence-electron chi connectivity index (χ3n) is 3.77. The van der Waals surface area contributed by atoms with Crippen LogP contribution in [0.25, 0.3) is 0 Å². The van der Waals surface area contributed by atoms with E-state index < -0.39 is 12.1 Å². The third-order valence-corrected chi connectivity index (χ3v) is 3.77. The van der Waals surface area contributed by atoms with Gasteiger partial charge in [-0.25, -0.2) is 0 Å². The standard InChI is InChI=1S/C15H21NO3/c17-14(12-6-2-1-3-7-12)10-16(11-15(18)19)13-8-4-5-9-13/h1-3,6-7,13-14,17H,4-5,8-11H2,(H,18,19). The lowest BCUT2D eigenvalue weighted by Crippen LogP contribution is -2.40. The molecule has 2 rings (SSSR count). The van der Waals surface area contributed by atoms with E-state index in [1.54, 1.807) is 0 Å². The number of rotatable bonds is 6. The lowest BCUT2D eigenvalue weighted by Gasteiger charge is -2.29. The number of benzene rings is 1. The highest BCUT2D eigenvalue weighted by atomic mass is 16.4. The molecule has 0 radical (unpaired) electrons. The summed E-state index contributed by atoms with van der Waals surface area (Å²) >= 11 is 0. The van der Waals surface area contributed by atoms with Crippen molar-refractivity contribution >= 4 is 5.97 Å². The summed E-state index contributed by atoms with van der Waals surface area (Å²) < 4.78 is 0. The van der Waals surface area contributed by atoms with E-state index in [-0.39, 0.29) is 6.54 Å². The molecule has 4 heteroatoms. The van der Waals surface area contributed by atoms with Gasteiger partial charge < -0.3 is 10.2 Å². The molecule has 4 nitrogen and oxygen atoms in total. The van der Waals surface area contributed by atoms with E-state index in [9.17, 15) is 9.90 Å². The van der Waals surface area contributed by atoms with Gasteiger partial charge in [-0.2, -0.15) is 0 Å². The van der Waals surface area contributed by atoms with E-state index in [1.807, 2.05) is 35.2 Å². The maximum absolute atomic E-state index is 11.0. The van der Waals surface area contributed by atoms with E-state index in [1.165, 1.54) is 0 Å². The predicted molar refractivity (Wildman–Crippen MR) is 72.9 cm³/mol. The molecule has 0 aliphatic heterocycles. The fraction of sp³-hybridized carbons (Fsp3) is 0.533. The molecule has 1 aromatic rings. The summed E-state index contributed by atoms with van der Waals surface area (Å²) in [5.74, 6) is -0.827. The second-order valence-electron chi connectivity index (χ2n) is 5.19. The van der Waals surface area contributed by atoms with E-state index in [0.29, 0.717) is 12.6 Å². The number of hydrogen-bond donors (Lipinski definition) is 2. The van der Waals surface area contributed by atoms with Gasteiger partial charge in [-0.1, -0.05) is 43.2 Å². The van der Waals surface area contributed by atoms with E-state index in [0.717, 1.165) is 31.2 Å². The molecule has 0 saturated heterocycles. The number of carbonyl (C=O) groups is 1. The molecule has 0 spiro atoms. The Morgan fingerprint density at radius 2 is 1.89 bits per heavy atom. The van der Waals surface area contributed by atoms with Crippen LogP contribution in [0.15, 0.2) is 30.3 Å². The van der Waals surface area contributed by atoms with Gasteiger partial charge in [0.15, 0.2) is 0 Å². The number of aliphatic carboxylic acids is 1. The van der Waals surface area contributed by atoms with Gasteiger partial charge in [-0.05, 0) is 18.4 Å². The van der Waals surface area contributed by atoms with Crippen LogP contribution >= 0.6 is 0 Å². The molecule has 1 aliphatic carbocycles. The van der Waals surface area contributed by atoms with Crippen LogP contribution in [0.4, 0.5) is 0 Å².